The van der Waals surface area contributed by atoms with Gasteiger partial charge in [-0.3, -0.25) is 0 Å². The Morgan fingerprint density at radius 3 is 1.55 bits per heavy atom. The van der Waals surface area contributed by atoms with E-state index >= 15 is 0 Å². The third kappa shape index (κ3) is 4.11. The van der Waals surface area contributed by atoms with Gasteiger partial charge in [-0.25, -0.2) is 0 Å². The van der Waals surface area contributed by atoms with Crippen LogP contribution in [-0.4, -0.2) is 0 Å². The van der Waals surface area contributed by atoms with Gasteiger partial charge in [0.2, 0.25) is 0 Å². The molecular weight excluding hydrogens is 657 g/mol. The number of rotatable bonds is 2. The van der Waals surface area contributed by atoms with Gasteiger partial charge in [-0.05, 0) is 117 Å². The molecule has 12 rings (SSSR count). The lowest BCUT2D eigenvalue weighted by Crippen LogP contribution is -1.92. The summed E-state index contributed by atoms with van der Waals surface area (Å²) in [7, 11) is 0. The molecule has 1 aromatic heterocycles. The van der Waals surface area contributed by atoms with E-state index in [-0.39, 0.29) is 0 Å². The molecule has 0 aliphatic heterocycles. The molecule has 0 N–H and O–H groups in total. The first-order valence-corrected chi connectivity index (χ1v) is 19.2. The zero-order chi connectivity index (χ0) is 34.6. The van der Waals surface area contributed by atoms with Gasteiger partial charge in [0.15, 0.2) is 0 Å². The average molecular weight is 687 g/mol. The minimum absolute atomic E-state index is 1.25. The van der Waals surface area contributed by atoms with E-state index in [0.29, 0.717) is 0 Å². The van der Waals surface area contributed by atoms with Crippen molar-refractivity contribution in [3.05, 3.63) is 182 Å². The summed E-state index contributed by atoms with van der Waals surface area (Å²) >= 11 is 1.92. The van der Waals surface area contributed by atoms with E-state index in [0.717, 1.165) is 0 Å². The van der Waals surface area contributed by atoms with Gasteiger partial charge in [-0.2, -0.15) is 0 Å². The molecule has 0 aliphatic carbocycles. The minimum Gasteiger partial charge on any atom is -0.135 e. The summed E-state index contributed by atoms with van der Waals surface area (Å²) in [6.45, 7) is 0. The van der Waals surface area contributed by atoms with Crippen LogP contribution in [-0.2, 0) is 0 Å². The topological polar surface area (TPSA) is 0 Å². The van der Waals surface area contributed by atoms with Crippen LogP contribution in [0.4, 0.5) is 0 Å². The van der Waals surface area contributed by atoms with E-state index in [1.165, 1.54) is 118 Å². The second kappa shape index (κ2) is 11.0. The minimum atomic E-state index is 1.25. The highest BCUT2D eigenvalue weighted by molar-refractivity contribution is 7.27. The molecule has 12 aromatic rings. The summed E-state index contributed by atoms with van der Waals surface area (Å²) in [6.07, 6.45) is 0. The average Bonchev–Trinajstić information content (AvgIpc) is 3.61. The van der Waals surface area contributed by atoms with Gasteiger partial charge >= 0.3 is 0 Å². The highest BCUT2D eigenvalue weighted by Crippen LogP contribution is 2.49. The zero-order valence-electron chi connectivity index (χ0n) is 28.7. The summed E-state index contributed by atoms with van der Waals surface area (Å²) in [5, 5.41) is 20.8. The van der Waals surface area contributed by atoms with Gasteiger partial charge < -0.3 is 0 Å². The van der Waals surface area contributed by atoms with Crippen LogP contribution in [0.25, 0.3) is 118 Å². The van der Waals surface area contributed by atoms with E-state index in [4.69, 9.17) is 0 Å². The zero-order valence-corrected chi connectivity index (χ0v) is 29.5. The second-order valence-electron chi connectivity index (χ2n) is 14.3. The molecule has 0 nitrogen and oxygen atoms in total. The molecule has 0 bridgehead atoms. The van der Waals surface area contributed by atoms with Gasteiger partial charge in [0.25, 0.3) is 0 Å². The standard InChI is InChI=1S/C52H30S/c1-2-13-32-29-46-33(28-31(32)12-1)24-26-38-37(46)22-11-23-39(38)50-43-19-8-6-17-41(43)49(42-18-7-9-20-44(42)50)34-25-27-48-47(30-34)51-40-16-5-3-14-35(40)36-15-4-10-21-45(36)52(51)53-48/h1-30H. The lowest BCUT2D eigenvalue weighted by molar-refractivity contribution is 1.70. The van der Waals surface area contributed by atoms with Crippen LogP contribution >= 0.6 is 11.3 Å². The molecule has 1 heterocycles. The van der Waals surface area contributed by atoms with Gasteiger partial charge in [-0.1, -0.05) is 158 Å². The van der Waals surface area contributed by atoms with Crippen LogP contribution in [0.15, 0.2) is 182 Å². The van der Waals surface area contributed by atoms with Crippen LogP contribution in [0, 0.1) is 0 Å². The molecule has 0 saturated heterocycles. The molecule has 0 atom stereocenters. The Balaban J connectivity index is 1.16. The molecule has 0 radical (unpaired) electrons. The van der Waals surface area contributed by atoms with Crippen LogP contribution in [0.3, 0.4) is 0 Å². The summed E-state index contributed by atoms with van der Waals surface area (Å²) in [6, 6.07) is 68.0. The van der Waals surface area contributed by atoms with E-state index < -0.39 is 0 Å². The van der Waals surface area contributed by atoms with Crippen molar-refractivity contribution >= 4 is 107 Å². The number of hydrogen-bond donors (Lipinski definition) is 0. The van der Waals surface area contributed by atoms with Crippen molar-refractivity contribution in [3.8, 4) is 22.3 Å². The smallest absolute Gasteiger partial charge is 0.0440 e. The molecule has 0 amide bonds. The SMILES string of the molecule is c1ccc2cc3c(ccc4c(-c5c6ccccc6c(-c6ccc7sc8c9ccccc9c9ccccc9c8c7c6)c6ccccc56)cccc43)cc2c1. The van der Waals surface area contributed by atoms with Crippen LogP contribution < -0.4 is 0 Å². The lowest BCUT2D eigenvalue weighted by atomic mass is 9.84. The van der Waals surface area contributed by atoms with Gasteiger partial charge in [0.05, 0.1) is 0 Å². The predicted molar refractivity (Wildman–Crippen MR) is 233 cm³/mol. The molecule has 0 unspecified atom stereocenters. The molecule has 11 aromatic carbocycles. The van der Waals surface area contributed by atoms with Gasteiger partial charge in [0, 0.05) is 25.6 Å². The van der Waals surface area contributed by atoms with Crippen molar-refractivity contribution in [3.63, 3.8) is 0 Å². The maximum atomic E-state index is 2.47. The Morgan fingerprint density at radius 1 is 0.283 bits per heavy atom. The molecule has 244 valence electrons. The quantitative estimate of drug-likeness (QED) is 0.125. The summed E-state index contributed by atoms with van der Waals surface area (Å²) in [5.74, 6) is 0. The summed E-state index contributed by atoms with van der Waals surface area (Å²) in [4.78, 5) is 0. The molecular formula is C52H30S. The Morgan fingerprint density at radius 2 is 0.830 bits per heavy atom. The Labute approximate surface area is 309 Å². The van der Waals surface area contributed by atoms with E-state index in [1.54, 1.807) is 0 Å². The Kier molecular flexibility index (Phi) is 6.03. The molecule has 53 heavy (non-hydrogen) atoms. The van der Waals surface area contributed by atoms with Gasteiger partial charge in [-0.15, -0.1) is 11.3 Å². The molecule has 0 spiro atoms. The number of thiophene rings is 1. The third-order valence-corrected chi connectivity index (χ3v) is 12.8. The van der Waals surface area contributed by atoms with Crippen molar-refractivity contribution in [2.75, 3.05) is 0 Å². The molecule has 0 fully saturated rings. The molecule has 1 heteroatoms. The van der Waals surface area contributed by atoms with E-state index in [1.807, 2.05) is 11.3 Å². The summed E-state index contributed by atoms with van der Waals surface area (Å²) < 4.78 is 2.69. The van der Waals surface area contributed by atoms with Crippen LogP contribution in [0.2, 0.25) is 0 Å². The lowest BCUT2D eigenvalue weighted by Gasteiger charge is -2.19. The van der Waals surface area contributed by atoms with Crippen LogP contribution in [0.5, 0.6) is 0 Å². The van der Waals surface area contributed by atoms with E-state index in [9.17, 15) is 0 Å². The maximum absolute atomic E-state index is 2.47. The normalized spacial score (nSPS) is 12.2. The van der Waals surface area contributed by atoms with Gasteiger partial charge in [0.1, 0.15) is 0 Å². The first kappa shape index (κ1) is 29.1. The van der Waals surface area contributed by atoms with E-state index in [2.05, 4.69) is 182 Å². The Bertz CT molecular complexity index is 3450. The first-order valence-electron chi connectivity index (χ1n) is 18.3. The van der Waals surface area contributed by atoms with Crippen molar-refractivity contribution in [1.82, 2.24) is 0 Å². The van der Waals surface area contributed by atoms with Crippen molar-refractivity contribution < 1.29 is 0 Å². The van der Waals surface area contributed by atoms with Crippen molar-refractivity contribution in [2.45, 2.75) is 0 Å². The molecule has 0 aliphatic rings. The highest BCUT2D eigenvalue weighted by atomic mass is 32.1. The van der Waals surface area contributed by atoms with Crippen molar-refractivity contribution in [1.29, 1.82) is 0 Å². The maximum Gasteiger partial charge on any atom is 0.0440 e. The highest BCUT2D eigenvalue weighted by Gasteiger charge is 2.20. The van der Waals surface area contributed by atoms with Crippen molar-refractivity contribution in [2.24, 2.45) is 0 Å². The predicted octanol–water partition coefficient (Wildman–Crippen LogP) is 15.5. The fourth-order valence-electron chi connectivity index (χ4n) is 9.29. The number of benzene rings is 11. The fourth-order valence-corrected chi connectivity index (χ4v) is 10.5. The molecule has 0 saturated carbocycles. The fraction of sp³-hybridized carbons (Fsp3) is 0. The second-order valence-corrected chi connectivity index (χ2v) is 15.4. The summed E-state index contributed by atoms with van der Waals surface area (Å²) in [5.41, 5.74) is 5.12. The number of hydrogen-bond acceptors (Lipinski definition) is 1. The Hall–Kier alpha value is -6.54. The van der Waals surface area contributed by atoms with Crippen LogP contribution in [0.1, 0.15) is 0 Å². The largest absolute Gasteiger partial charge is 0.135 e. The monoisotopic (exact) mass is 686 g/mol. The first-order chi connectivity index (χ1) is 26.3. The number of fused-ring (bicyclic) bond motifs is 14. The third-order valence-electron chi connectivity index (χ3n) is 11.6.